The summed E-state index contributed by atoms with van der Waals surface area (Å²) in [6.07, 6.45) is 0.523. The van der Waals surface area contributed by atoms with Crippen LogP contribution in [0.3, 0.4) is 0 Å². The summed E-state index contributed by atoms with van der Waals surface area (Å²) in [5.41, 5.74) is 0. The van der Waals surface area contributed by atoms with Gasteiger partial charge in [-0.2, -0.15) is 0 Å². The Kier molecular flexibility index (Phi) is 4.49. The number of amides is 1. The van der Waals surface area contributed by atoms with Crippen LogP contribution in [0.15, 0.2) is 12.7 Å². The first-order chi connectivity index (χ1) is 5.11. The van der Waals surface area contributed by atoms with Gasteiger partial charge in [0.1, 0.15) is 0 Å². The van der Waals surface area contributed by atoms with E-state index in [1.165, 1.54) is 20.2 Å². The van der Waals surface area contributed by atoms with Crippen LogP contribution in [0.25, 0.3) is 0 Å². The molecule has 0 rings (SSSR count). The van der Waals surface area contributed by atoms with Crippen molar-refractivity contribution in [2.24, 2.45) is 0 Å². The van der Waals surface area contributed by atoms with Crippen LogP contribution in [0.5, 0.6) is 0 Å². The van der Waals surface area contributed by atoms with E-state index in [1.807, 2.05) is 0 Å². The SMILES string of the molecule is C=CC(O)CC(=O)N(C)OC. The van der Waals surface area contributed by atoms with Crippen molar-refractivity contribution in [1.29, 1.82) is 0 Å². The third kappa shape index (κ3) is 3.75. The van der Waals surface area contributed by atoms with E-state index in [1.54, 1.807) is 0 Å². The third-order valence-corrected chi connectivity index (χ3v) is 1.28. The number of nitrogens with zero attached hydrogens (tertiary/aromatic N) is 1. The molecule has 0 aromatic heterocycles. The summed E-state index contributed by atoms with van der Waals surface area (Å²) in [4.78, 5) is 15.5. The van der Waals surface area contributed by atoms with E-state index < -0.39 is 6.10 Å². The zero-order valence-electron chi connectivity index (χ0n) is 6.78. The predicted octanol–water partition coefficient (Wildman–Crippen LogP) is -0.0568. The van der Waals surface area contributed by atoms with Gasteiger partial charge in [-0.15, -0.1) is 6.58 Å². The molecule has 0 saturated heterocycles. The predicted molar refractivity (Wildman–Crippen MR) is 40.6 cm³/mol. The molecule has 0 bridgehead atoms. The van der Waals surface area contributed by atoms with Gasteiger partial charge in [0.25, 0.3) is 0 Å². The Balaban J connectivity index is 3.76. The second kappa shape index (κ2) is 4.87. The lowest BCUT2D eigenvalue weighted by Gasteiger charge is -2.14. The number of hydroxylamine groups is 2. The summed E-state index contributed by atoms with van der Waals surface area (Å²) < 4.78 is 0. The Morgan fingerprint density at radius 2 is 2.45 bits per heavy atom. The second-order valence-corrected chi connectivity index (χ2v) is 2.08. The van der Waals surface area contributed by atoms with Gasteiger partial charge in [-0.25, -0.2) is 5.06 Å². The lowest BCUT2D eigenvalue weighted by atomic mass is 10.2. The lowest BCUT2D eigenvalue weighted by molar-refractivity contribution is -0.170. The summed E-state index contributed by atoms with van der Waals surface area (Å²) in [7, 11) is 2.87. The van der Waals surface area contributed by atoms with Crippen molar-refractivity contribution >= 4 is 5.91 Å². The molecule has 1 atom stereocenters. The number of aliphatic hydroxyl groups excluding tert-OH is 1. The van der Waals surface area contributed by atoms with Gasteiger partial charge in [0.05, 0.1) is 19.6 Å². The summed E-state index contributed by atoms with van der Waals surface area (Å²) >= 11 is 0. The summed E-state index contributed by atoms with van der Waals surface area (Å²) in [6, 6.07) is 0. The van der Waals surface area contributed by atoms with Crippen molar-refractivity contribution in [3.63, 3.8) is 0 Å². The molecule has 0 spiro atoms. The van der Waals surface area contributed by atoms with Crippen LogP contribution < -0.4 is 0 Å². The topological polar surface area (TPSA) is 49.8 Å². The number of carbonyl (C=O) groups is 1. The number of rotatable bonds is 4. The molecule has 4 heteroatoms. The minimum absolute atomic E-state index is 0.00778. The average molecular weight is 159 g/mol. The van der Waals surface area contributed by atoms with Crippen LogP contribution in [0.4, 0.5) is 0 Å². The molecular weight excluding hydrogens is 146 g/mol. The third-order valence-electron chi connectivity index (χ3n) is 1.28. The van der Waals surface area contributed by atoms with Gasteiger partial charge in [0, 0.05) is 7.05 Å². The molecule has 1 unspecified atom stereocenters. The molecule has 1 N–H and O–H groups in total. The van der Waals surface area contributed by atoms with E-state index in [9.17, 15) is 4.79 Å². The zero-order valence-corrected chi connectivity index (χ0v) is 6.78. The summed E-state index contributed by atoms with van der Waals surface area (Å²) in [6.45, 7) is 3.34. The van der Waals surface area contributed by atoms with Crippen LogP contribution in [-0.2, 0) is 9.63 Å². The van der Waals surface area contributed by atoms with Crippen molar-refractivity contribution in [2.75, 3.05) is 14.2 Å². The van der Waals surface area contributed by atoms with Crippen molar-refractivity contribution in [2.45, 2.75) is 12.5 Å². The van der Waals surface area contributed by atoms with Crippen molar-refractivity contribution in [3.8, 4) is 0 Å². The lowest BCUT2D eigenvalue weighted by Crippen LogP contribution is -2.28. The summed E-state index contributed by atoms with van der Waals surface area (Å²) in [5.74, 6) is -0.278. The highest BCUT2D eigenvalue weighted by Gasteiger charge is 2.11. The fourth-order valence-electron chi connectivity index (χ4n) is 0.493. The molecule has 0 aromatic carbocycles. The van der Waals surface area contributed by atoms with Gasteiger partial charge >= 0.3 is 0 Å². The van der Waals surface area contributed by atoms with E-state index in [0.717, 1.165) is 5.06 Å². The monoisotopic (exact) mass is 159 g/mol. The molecule has 64 valence electrons. The van der Waals surface area contributed by atoms with E-state index in [2.05, 4.69) is 11.4 Å². The molecule has 0 heterocycles. The maximum Gasteiger partial charge on any atom is 0.248 e. The Hall–Kier alpha value is -0.870. The van der Waals surface area contributed by atoms with Gasteiger partial charge in [0.15, 0.2) is 0 Å². The zero-order chi connectivity index (χ0) is 8.85. The standard InChI is InChI=1S/C7H13NO3/c1-4-6(9)5-7(10)8(2)11-3/h4,6,9H,1,5H2,2-3H3. The molecule has 11 heavy (non-hydrogen) atoms. The smallest absolute Gasteiger partial charge is 0.248 e. The maximum absolute atomic E-state index is 10.9. The normalized spacial score (nSPS) is 12.3. The first-order valence-electron chi connectivity index (χ1n) is 3.23. The van der Waals surface area contributed by atoms with E-state index >= 15 is 0 Å². The van der Waals surface area contributed by atoms with Crippen LogP contribution >= 0.6 is 0 Å². The van der Waals surface area contributed by atoms with E-state index in [4.69, 9.17) is 5.11 Å². The number of carbonyl (C=O) groups excluding carboxylic acids is 1. The minimum atomic E-state index is -0.792. The van der Waals surface area contributed by atoms with Crippen molar-refractivity contribution in [1.82, 2.24) is 5.06 Å². The van der Waals surface area contributed by atoms with Gasteiger partial charge in [-0.1, -0.05) is 6.08 Å². The molecule has 0 aliphatic rings. The number of hydrogen-bond acceptors (Lipinski definition) is 3. The highest BCUT2D eigenvalue weighted by molar-refractivity contribution is 5.75. The Morgan fingerprint density at radius 1 is 1.91 bits per heavy atom. The Morgan fingerprint density at radius 3 is 2.82 bits per heavy atom. The van der Waals surface area contributed by atoms with Crippen LogP contribution in [0, 0.1) is 0 Å². The molecule has 0 aliphatic heterocycles. The minimum Gasteiger partial charge on any atom is -0.389 e. The molecule has 0 aliphatic carbocycles. The van der Waals surface area contributed by atoms with Gasteiger partial charge in [-0.05, 0) is 0 Å². The van der Waals surface area contributed by atoms with Gasteiger partial charge in [-0.3, -0.25) is 9.63 Å². The van der Waals surface area contributed by atoms with Gasteiger partial charge < -0.3 is 5.11 Å². The molecule has 0 fully saturated rings. The van der Waals surface area contributed by atoms with Crippen LogP contribution in [0.1, 0.15) is 6.42 Å². The maximum atomic E-state index is 10.9. The fraction of sp³-hybridized carbons (Fsp3) is 0.571. The highest BCUT2D eigenvalue weighted by atomic mass is 16.7. The summed E-state index contributed by atoms with van der Waals surface area (Å²) in [5, 5.41) is 10.0. The largest absolute Gasteiger partial charge is 0.389 e. The van der Waals surface area contributed by atoms with Crippen LogP contribution in [0.2, 0.25) is 0 Å². The molecule has 0 radical (unpaired) electrons. The second-order valence-electron chi connectivity index (χ2n) is 2.08. The fourth-order valence-corrected chi connectivity index (χ4v) is 0.493. The Bertz CT molecular complexity index is 147. The first-order valence-corrected chi connectivity index (χ1v) is 3.23. The average Bonchev–Trinajstić information content (AvgIpc) is 2.02. The molecule has 1 amide bonds. The van der Waals surface area contributed by atoms with Crippen molar-refractivity contribution in [3.05, 3.63) is 12.7 Å². The molecule has 4 nitrogen and oxygen atoms in total. The highest BCUT2D eigenvalue weighted by Crippen LogP contribution is 1.96. The van der Waals surface area contributed by atoms with E-state index in [0.29, 0.717) is 0 Å². The Labute approximate surface area is 66.0 Å². The molecular formula is C7H13NO3. The molecule has 0 aromatic rings. The van der Waals surface area contributed by atoms with Crippen molar-refractivity contribution < 1.29 is 14.7 Å². The van der Waals surface area contributed by atoms with Crippen LogP contribution in [-0.4, -0.2) is 36.3 Å². The first kappa shape index (κ1) is 10.1. The number of hydrogen-bond donors (Lipinski definition) is 1. The quantitative estimate of drug-likeness (QED) is 0.462. The molecule has 0 saturated carbocycles. The van der Waals surface area contributed by atoms with Gasteiger partial charge in [0.2, 0.25) is 5.91 Å². The van der Waals surface area contributed by atoms with E-state index in [-0.39, 0.29) is 12.3 Å². The number of aliphatic hydroxyl groups is 1.